The van der Waals surface area contributed by atoms with Crippen molar-refractivity contribution >= 4 is 23.1 Å². The third kappa shape index (κ3) is 3.55. The van der Waals surface area contributed by atoms with Gasteiger partial charge in [-0.05, 0) is 42.5 Å². The summed E-state index contributed by atoms with van der Waals surface area (Å²) in [5.74, 6) is -0.819. The molecule has 1 amide bonds. The zero-order valence-corrected chi connectivity index (χ0v) is 13.2. The lowest BCUT2D eigenvalue weighted by Gasteiger charge is -2.23. The molecule has 0 aromatic carbocycles. The van der Waals surface area contributed by atoms with E-state index in [-0.39, 0.29) is 11.7 Å². The van der Waals surface area contributed by atoms with E-state index < -0.39 is 24.5 Å². The molecule has 2 aromatic rings. The molecule has 0 radical (unpaired) electrons. The molecular formula is C16H15F3N2OS. The Bertz CT molecular complexity index is 699. The Hall–Kier alpha value is -1.89. The van der Waals surface area contributed by atoms with E-state index in [1.807, 2.05) is 18.4 Å². The molecule has 0 saturated heterocycles. The zero-order chi connectivity index (χ0) is 16.6. The van der Waals surface area contributed by atoms with Crippen LogP contribution in [0, 0.1) is 12.8 Å². The van der Waals surface area contributed by atoms with Gasteiger partial charge >= 0.3 is 6.18 Å². The van der Waals surface area contributed by atoms with Crippen LogP contribution in [0.5, 0.6) is 0 Å². The molecule has 3 rings (SSSR count). The van der Waals surface area contributed by atoms with Crippen molar-refractivity contribution in [1.82, 2.24) is 4.98 Å². The molecule has 7 heteroatoms. The Morgan fingerprint density at radius 3 is 2.74 bits per heavy atom. The summed E-state index contributed by atoms with van der Waals surface area (Å²) in [5.41, 5.74) is 1.09. The van der Waals surface area contributed by atoms with Gasteiger partial charge in [0.15, 0.2) is 0 Å². The predicted molar refractivity (Wildman–Crippen MR) is 82.5 cm³/mol. The van der Waals surface area contributed by atoms with Crippen LogP contribution in [0.2, 0.25) is 0 Å². The van der Waals surface area contributed by atoms with Gasteiger partial charge in [-0.25, -0.2) is 4.98 Å². The molecule has 2 heterocycles. The molecule has 0 unspecified atom stereocenters. The number of carbonyl (C=O) groups excluding carboxylic acids is 1. The van der Waals surface area contributed by atoms with Crippen molar-refractivity contribution in [1.29, 1.82) is 0 Å². The molecular weight excluding hydrogens is 325 g/mol. The number of nitrogens with zero attached hydrogens (tertiary/aromatic N) is 2. The summed E-state index contributed by atoms with van der Waals surface area (Å²) in [6.07, 6.45) is -2.47. The second kappa shape index (κ2) is 5.96. The van der Waals surface area contributed by atoms with E-state index in [0.29, 0.717) is 6.42 Å². The fraction of sp³-hybridized carbons (Fsp3) is 0.375. The average Bonchev–Trinajstić information content (AvgIpc) is 3.18. The summed E-state index contributed by atoms with van der Waals surface area (Å²) in [5, 5.41) is 1.94. The highest BCUT2D eigenvalue weighted by Gasteiger charge is 2.49. The number of hydrogen-bond donors (Lipinski definition) is 0. The lowest BCUT2D eigenvalue weighted by molar-refractivity contribution is -0.133. The van der Waals surface area contributed by atoms with Gasteiger partial charge < -0.3 is 0 Å². The Morgan fingerprint density at radius 2 is 2.17 bits per heavy atom. The molecule has 23 heavy (non-hydrogen) atoms. The first-order valence-corrected chi connectivity index (χ1v) is 8.08. The normalized spacial score (nSPS) is 20.3. The summed E-state index contributed by atoms with van der Waals surface area (Å²) >= 11 is 1.55. The van der Waals surface area contributed by atoms with Crippen molar-refractivity contribution in [3.05, 3.63) is 46.3 Å². The van der Waals surface area contributed by atoms with E-state index in [9.17, 15) is 18.0 Å². The molecule has 0 bridgehead atoms. The number of aromatic nitrogens is 1. The maximum atomic E-state index is 12.9. The summed E-state index contributed by atoms with van der Waals surface area (Å²) in [6.45, 7) is 0.646. The van der Waals surface area contributed by atoms with Crippen molar-refractivity contribution in [2.24, 2.45) is 5.92 Å². The Morgan fingerprint density at radius 1 is 1.39 bits per heavy atom. The fourth-order valence-corrected chi connectivity index (χ4v) is 3.79. The Kier molecular flexibility index (Phi) is 4.14. The second-order valence-corrected chi connectivity index (χ2v) is 6.59. The van der Waals surface area contributed by atoms with Crippen LogP contribution in [0.3, 0.4) is 0 Å². The number of anilines is 1. The molecule has 2 atom stereocenters. The number of pyridine rings is 1. The van der Waals surface area contributed by atoms with E-state index in [2.05, 4.69) is 4.98 Å². The topological polar surface area (TPSA) is 33.2 Å². The van der Waals surface area contributed by atoms with Gasteiger partial charge in [0, 0.05) is 22.9 Å². The van der Waals surface area contributed by atoms with E-state index in [1.165, 1.54) is 12.3 Å². The average molecular weight is 340 g/mol. The predicted octanol–water partition coefficient (Wildman–Crippen LogP) is 4.15. The molecule has 0 N–H and O–H groups in total. The maximum absolute atomic E-state index is 12.9. The highest BCUT2D eigenvalue weighted by Crippen LogP contribution is 2.51. The van der Waals surface area contributed by atoms with Gasteiger partial charge in [-0.1, -0.05) is 6.07 Å². The zero-order valence-electron chi connectivity index (χ0n) is 12.4. The number of alkyl halides is 3. The lowest BCUT2D eigenvalue weighted by atomic mass is 10.2. The van der Waals surface area contributed by atoms with Gasteiger partial charge in [0.05, 0.1) is 0 Å². The van der Waals surface area contributed by atoms with Crippen molar-refractivity contribution in [3.63, 3.8) is 0 Å². The number of rotatable bonds is 4. The van der Waals surface area contributed by atoms with Crippen LogP contribution in [0.15, 0.2) is 35.8 Å². The van der Waals surface area contributed by atoms with Gasteiger partial charge in [-0.3, -0.25) is 9.69 Å². The van der Waals surface area contributed by atoms with Gasteiger partial charge in [0.2, 0.25) is 5.91 Å². The van der Waals surface area contributed by atoms with Crippen molar-refractivity contribution in [3.8, 4) is 0 Å². The molecule has 1 aliphatic rings. The van der Waals surface area contributed by atoms with Crippen molar-refractivity contribution in [2.75, 3.05) is 11.4 Å². The van der Waals surface area contributed by atoms with E-state index in [1.54, 1.807) is 23.5 Å². The lowest BCUT2D eigenvalue weighted by Crippen LogP contribution is -2.40. The fourth-order valence-electron chi connectivity index (χ4n) is 2.69. The standard InChI is InChI=1S/C16H15F3N2OS/c1-10-5-7-23-14(10)11-8-12(11)15(22)21(9-16(17,18)19)13-4-2-3-6-20-13/h2-7,11-12H,8-9H2,1H3/t11-,12-/m1/s1. The molecule has 1 fully saturated rings. The minimum Gasteiger partial charge on any atom is -0.287 e. The number of aryl methyl sites for hydroxylation is 1. The van der Waals surface area contributed by atoms with Gasteiger partial charge in [-0.2, -0.15) is 13.2 Å². The molecule has 0 spiro atoms. The molecule has 2 aromatic heterocycles. The van der Waals surface area contributed by atoms with Crippen LogP contribution in [-0.4, -0.2) is 23.6 Å². The van der Waals surface area contributed by atoms with Crippen molar-refractivity contribution < 1.29 is 18.0 Å². The minimum atomic E-state index is -4.46. The number of amides is 1. The number of thiophene rings is 1. The van der Waals surface area contributed by atoms with Crippen LogP contribution in [0.4, 0.5) is 19.0 Å². The third-order valence-electron chi connectivity index (χ3n) is 3.88. The van der Waals surface area contributed by atoms with E-state index in [4.69, 9.17) is 0 Å². The van der Waals surface area contributed by atoms with Gasteiger partial charge in [-0.15, -0.1) is 11.3 Å². The summed E-state index contributed by atoms with van der Waals surface area (Å²) in [4.78, 5) is 18.4. The summed E-state index contributed by atoms with van der Waals surface area (Å²) in [6, 6.07) is 6.57. The Balaban J connectivity index is 1.81. The van der Waals surface area contributed by atoms with Crippen LogP contribution in [0.1, 0.15) is 22.8 Å². The van der Waals surface area contributed by atoms with Crippen molar-refractivity contribution in [2.45, 2.75) is 25.4 Å². The van der Waals surface area contributed by atoms with Gasteiger partial charge in [0.25, 0.3) is 0 Å². The summed E-state index contributed by atoms with van der Waals surface area (Å²) in [7, 11) is 0. The first kappa shape index (κ1) is 16.0. The van der Waals surface area contributed by atoms with Crippen LogP contribution < -0.4 is 4.90 Å². The van der Waals surface area contributed by atoms with E-state index >= 15 is 0 Å². The number of halogens is 3. The number of hydrogen-bond acceptors (Lipinski definition) is 3. The van der Waals surface area contributed by atoms with E-state index in [0.717, 1.165) is 15.3 Å². The molecule has 3 nitrogen and oxygen atoms in total. The molecule has 1 aliphatic carbocycles. The maximum Gasteiger partial charge on any atom is 0.406 e. The van der Waals surface area contributed by atoms with Crippen LogP contribution in [-0.2, 0) is 4.79 Å². The molecule has 1 saturated carbocycles. The van der Waals surface area contributed by atoms with Crippen LogP contribution >= 0.6 is 11.3 Å². The Labute approximate surface area is 135 Å². The molecule has 0 aliphatic heterocycles. The quantitative estimate of drug-likeness (QED) is 0.838. The highest BCUT2D eigenvalue weighted by atomic mass is 32.1. The number of carbonyl (C=O) groups is 1. The third-order valence-corrected chi connectivity index (χ3v) is 5.03. The largest absolute Gasteiger partial charge is 0.406 e. The second-order valence-electron chi connectivity index (χ2n) is 5.64. The minimum absolute atomic E-state index is 0.0296. The first-order chi connectivity index (χ1) is 10.9. The molecule has 122 valence electrons. The summed E-state index contributed by atoms with van der Waals surface area (Å²) < 4.78 is 38.6. The van der Waals surface area contributed by atoms with Crippen LogP contribution in [0.25, 0.3) is 0 Å². The monoisotopic (exact) mass is 340 g/mol. The van der Waals surface area contributed by atoms with Gasteiger partial charge in [0.1, 0.15) is 12.4 Å². The smallest absolute Gasteiger partial charge is 0.287 e. The highest BCUT2D eigenvalue weighted by molar-refractivity contribution is 7.10. The first-order valence-electron chi connectivity index (χ1n) is 7.20. The SMILES string of the molecule is Cc1ccsc1[C@@H]1C[C@H]1C(=O)N(CC(F)(F)F)c1ccccn1.